The van der Waals surface area contributed by atoms with E-state index in [4.69, 9.17) is 9.47 Å². The number of H-pyrrole nitrogens is 1. The molecule has 4 aromatic rings. The Balaban J connectivity index is 1.67. The first-order valence-corrected chi connectivity index (χ1v) is 10.3. The van der Waals surface area contributed by atoms with Crippen molar-refractivity contribution in [3.05, 3.63) is 100 Å². The van der Waals surface area contributed by atoms with Crippen molar-refractivity contribution in [2.75, 3.05) is 19.1 Å². The third-order valence-electron chi connectivity index (χ3n) is 5.34. The number of aromatic nitrogens is 1. The largest absolute Gasteiger partial charge is 0.497 e. The van der Waals surface area contributed by atoms with Gasteiger partial charge in [0.15, 0.2) is 0 Å². The summed E-state index contributed by atoms with van der Waals surface area (Å²) in [6.07, 6.45) is 0.207. The highest BCUT2D eigenvalue weighted by atomic mass is 16.5. The molecule has 32 heavy (non-hydrogen) atoms. The Hall–Kier alpha value is -4.06. The van der Waals surface area contributed by atoms with Crippen LogP contribution < -0.4 is 19.9 Å². The van der Waals surface area contributed by atoms with E-state index in [1.54, 1.807) is 25.2 Å². The lowest BCUT2D eigenvalue weighted by Crippen LogP contribution is -2.34. The predicted molar refractivity (Wildman–Crippen MR) is 125 cm³/mol. The third kappa shape index (κ3) is 4.64. The van der Waals surface area contributed by atoms with Gasteiger partial charge >= 0.3 is 0 Å². The molecule has 0 unspecified atom stereocenters. The van der Waals surface area contributed by atoms with Crippen LogP contribution in [0, 0.1) is 0 Å². The highest BCUT2D eigenvalue weighted by Gasteiger charge is 2.19. The van der Waals surface area contributed by atoms with Crippen LogP contribution in [0.5, 0.6) is 11.5 Å². The fourth-order valence-corrected chi connectivity index (χ4v) is 3.59. The molecule has 3 aromatic carbocycles. The van der Waals surface area contributed by atoms with Crippen LogP contribution in [0.15, 0.2) is 83.7 Å². The minimum atomic E-state index is -0.221. The molecule has 0 saturated carbocycles. The molecule has 0 aliphatic heterocycles. The molecule has 162 valence electrons. The van der Waals surface area contributed by atoms with E-state index in [1.165, 1.54) is 0 Å². The van der Waals surface area contributed by atoms with Gasteiger partial charge in [-0.05, 0) is 54.1 Å². The third-order valence-corrected chi connectivity index (χ3v) is 5.34. The van der Waals surface area contributed by atoms with E-state index in [2.05, 4.69) is 4.98 Å². The van der Waals surface area contributed by atoms with Crippen molar-refractivity contribution in [2.45, 2.75) is 13.0 Å². The molecule has 0 spiro atoms. The van der Waals surface area contributed by atoms with Crippen molar-refractivity contribution in [2.24, 2.45) is 0 Å². The molecule has 1 heterocycles. The number of hydrogen-bond donors (Lipinski definition) is 1. The second-order valence-corrected chi connectivity index (χ2v) is 7.42. The number of anilines is 1. The van der Waals surface area contributed by atoms with Crippen LogP contribution in [0.1, 0.15) is 11.1 Å². The number of fused-ring (bicyclic) bond motifs is 1. The van der Waals surface area contributed by atoms with Crippen molar-refractivity contribution in [3.8, 4) is 11.5 Å². The van der Waals surface area contributed by atoms with Gasteiger partial charge in [0.1, 0.15) is 11.5 Å². The van der Waals surface area contributed by atoms with E-state index in [0.717, 1.165) is 27.9 Å². The number of carbonyl (C=O) groups is 1. The first-order valence-electron chi connectivity index (χ1n) is 10.3. The van der Waals surface area contributed by atoms with E-state index in [9.17, 15) is 9.59 Å². The van der Waals surface area contributed by atoms with Crippen molar-refractivity contribution in [3.63, 3.8) is 0 Å². The van der Waals surface area contributed by atoms with Crippen molar-refractivity contribution in [1.29, 1.82) is 0 Å². The maximum Gasteiger partial charge on any atom is 0.253 e. The molecule has 6 heteroatoms. The van der Waals surface area contributed by atoms with Crippen LogP contribution in [0.3, 0.4) is 0 Å². The van der Waals surface area contributed by atoms with Gasteiger partial charge in [-0.2, -0.15) is 0 Å². The van der Waals surface area contributed by atoms with Gasteiger partial charge < -0.3 is 19.4 Å². The van der Waals surface area contributed by atoms with Crippen LogP contribution in [0.4, 0.5) is 5.69 Å². The summed E-state index contributed by atoms with van der Waals surface area (Å²) in [5.41, 5.74) is 2.60. The highest BCUT2D eigenvalue weighted by Crippen LogP contribution is 2.22. The van der Waals surface area contributed by atoms with Gasteiger partial charge in [-0.3, -0.25) is 9.59 Å². The topological polar surface area (TPSA) is 71.6 Å². The Morgan fingerprint density at radius 2 is 1.56 bits per heavy atom. The number of ether oxygens (including phenoxy) is 2. The standard InChI is InChI=1S/C26H24N2O4/c1-31-22-10-8-18(9-11-22)14-25(29)28(21-6-4-3-5-7-21)17-20-15-19-16-23(32-2)12-13-24(19)27-26(20)30/h3-13,15-16H,14,17H2,1-2H3,(H,27,30). The second-order valence-electron chi connectivity index (χ2n) is 7.42. The van der Waals surface area contributed by atoms with E-state index < -0.39 is 0 Å². The molecule has 1 N–H and O–H groups in total. The Labute approximate surface area is 186 Å². The smallest absolute Gasteiger partial charge is 0.253 e. The van der Waals surface area contributed by atoms with Crippen molar-refractivity contribution >= 4 is 22.5 Å². The molecule has 0 saturated heterocycles. The van der Waals surface area contributed by atoms with E-state index in [-0.39, 0.29) is 24.4 Å². The summed E-state index contributed by atoms with van der Waals surface area (Å²) in [6, 6.07) is 24.1. The first-order chi connectivity index (χ1) is 15.6. The quantitative estimate of drug-likeness (QED) is 0.476. The molecule has 6 nitrogen and oxygen atoms in total. The van der Waals surface area contributed by atoms with Crippen LogP contribution in [0.2, 0.25) is 0 Å². The zero-order valence-corrected chi connectivity index (χ0v) is 18.0. The van der Waals surface area contributed by atoms with Gasteiger partial charge in [0.2, 0.25) is 5.91 Å². The summed E-state index contributed by atoms with van der Waals surface area (Å²) in [7, 11) is 3.21. The molecule has 0 aliphatic carbocycles. The van der Waals surface area contributed by atoms with Gasteiger partial charge in [-0.15, -0.1) is 0 Å². The minimum absolute atomic E-state index is 0.105. The average molecular weight is 428 g/mol. The number of aromatic amines is 1. The zero-order chi connectivity index (χ0) is 22.5. The summed E-state index contributed by atoms with van der Waals surface area (Å²) in [5, 5.41) is 0.842. The summed E-state index contributed by atoms with van der Waals surface area (Å²) < 4.78 is 10.5. The normalized spacial score (nSPS) is 10.7. The van der Waals surface area contributed by atoms with Gasteiger partial charge in [0.05, 0.1) is 27.2 Å². The van der Waals surface area contributed by atoms with Crippen molar-refractivity contribution in [1.82, 2.24) is 4.98 Å². The summed E-state index contributed by atoms with van der Waals surface area (Å²) in [4.78, 5) is 30.6. The molecule has 0 atom stereocenters. The molecule has 0 fully saturated rings. The number of benzene rings is 3. The van der Waals surface area contributed by atoms with E-state index in [1.807, 2.05) is 72.8 Å². The number of nitrogens with one attached hydrogen (secondary N) is 1. The number of amides is 1. The monoisotopic (exact) mass is 428 g/mol. The minimum Gasteiger partial charge on any atom is -0.497 e. The molecule has 1 amide bonds. The number of methoxy groups -OCH3 is 2. The maximum absolute atomic E-state index is 13.3. The molecule has 0 bridgehead atoms. The van der Waals surface area contributed by atoms with Gasteiger partial charge in [-0.25, -0.2) is 0 Å². The molecular weight excluding hydrogens is 404 g/mol. The van der Waals surface area contributed by atoms with Gasteiger partial charge in [-0.1, -0.05) is 30.3 Å². The molecule has 1 aromatic heterocycles. The average Bonchev–Trinajstić information content (AvgIpc) is 2.83. The predicted octanol–water partition coefficient (Wildman–Crippen LogP) is 4.32. The van der Waals surface area contributed by atoms with Crippen molar-refractivity contribution < 1.29 is 14.3 Å². The summed E-state index contributed by atoms with van der Waals surface area (Å²) >= 11 is 0. The number of pyridine rings is 1. The van der Waals surface area contributed by atoms with E-state index in [0.29, 0.717) is 11.3 Å². The summed E-state index contributed by atoms with van der Waals surface area (Å²) in [6.45, 7) is 0.154. The second kappa shape index (κ2) is 9.39. The lowest BCUT2D eigenvalue weighted by atomic mass is 10.1. The lowest BCUT2D eigenvalue weighted by molar-refractivity contribution is -0.118. The number of rotatable bonds is 7. The number of carbonyl (C=O) groups excluding carboxylic acids is 1. The Bertz CT molecular complexity index is 1280. The Morgan fingerprint density at radius 3 is 2.25 bits per heavy atom. The lowest BCUT2D eigenvalue weighted by Gasteiger charge is -2.23. The Kier molecular flexibility index (Phi) is 6.22. The van der Waals surface area contributed by atoms with Crippen LogP contribution in [0.25, 0.3) is 10.9 Å². The molecular formula is C26H24N2O4. The van der Waals surface area contributed by atoms with Crippen LogP contribution >= 0.6 is 0 Å². The Morgan fingerprint density at radius 1 is 0.875 bits per heavy atom. The highest BCUT2D eigenvalue weighted by molar-refractivity contribution is 5.94. The van der Waals surface area contributed by atoms with Crippen LogP contribution in [-0.4, -0.2) is 25.1 Å². The SMILES string of the molecule is COc1ccc(CC(=O)N(Cc2cc3cc(OC)ccc3[nH]c2=O)c2ccccc2)cc1. The number of nitrogens with zero attached hydrogens (tertiary/aromatic N) is 1. The number of hydrogen-bond acceptors (Lipinski definition) is 4. The number of para-hydroxylation sites is 1. The first kappa shape index (κ1) is 21.2. The maximum atomic E-state index is 13.3. The van der Waals surface area contributed by atoms with Gasteiger partial charge in [0.25, 0.3) is 5.56 Å². The van der Waals surface area contributed by atoms with Gasteiger partial charge in [0, 0.05) is 22.2 Å². The van der Waals surface area contributed by atoms with Crippen LogP contribution in [-0.2, 0) is 17.8 Å². The van der Waals surface area contributed by atoms with E-state index >= 15 is 0 Å². The molecule has 0 radical (unpaired) electrons. The molecule has 4 rings (SSSR count). The summed E-state index contributed by atoms with van der Waals surface area (Å²) in [5.74, 6) is 1.33. The fourth-order valence-electron chi connectivity index (χ4n) is 3.59. The zero-order valence-electron chi connectivity index (χ0n) is 18.0. The molecule has 0 aliphatic rings. The fraction of sp³-hybridized carbons (Fsp3) is 0.154.